The number of aryl methyl sites for hydroxylation is 1. The number of methoxy groups -OCH3 is 1. The van der Waals surface area contributed by atoms with Crippen LogP contribution in [0, 0.1) is 5.41 Å². The lowest BCUT2D eigenvalue weighted by molar-refractivity contribution is 0.0196. The van der Waals surface area contributed by atoms with E-state index in [0.717, 1.165) is 6.54 Å². The molecular formula is C12H20N2O2. The molecule has 0 aliphatic rings. The zero-order chi connectivity index (χ0) is 12.3. The highest BCUT2D eigenvalue weighted by molar-refractivity contribution is 5.99. The molecule has 0 aliphatic carbocycles. The molecule has 4 heteroatoms. The molecular weight excluding hydrogens is 204 g/mol. The van der Waals surface area contributed by atoms with Gasteiger partial charge in [-0.2, -0.15) is 5.10 Å². The summed E-state index contributed by atoms with van der Waals surface area (Å²) < 4.78 is 7.03. The van der Waals surface area contributed by atoms with Crippen molar-refractivity contribution < 1.29 is 9.53 Å². The van der Waals surface area contributed by atoms with E-state index in [1.807, 2.05) is 27.7 Å². The Morgan fingerprint density at radius 2 is 2.19 bits per heavy atom. The molecule has 0 spiro atoms. The Morgan fingerprint density at radius 1 is 1.56 bits per heavy atom. The van der Waals surface area contributed by atoms with E-state index in [2.05, 4.69) is 5.10 Å². The Hall–Kier alpha value is -1.16. The highest BCUT2D eigenvalue weighted by atomic mass is 16.5. The van der Waals surface area contributed by atoms with E-state index in [9.17, 15) is 4.79 Å². The SMILES string of the molecule is CCn1cc(C(=O)C(OC)C(C)(C)C)cn1. The van der Waals surface area contributed by atoms with Crippen molar-refractivity contribution in [3.05, 3.63) is 18.0 Å². The van der Waals surface area contributed by atoms with E-state index < -0.39 is 6.10 Å². The number of ketones is 1. The van der Waals surface area contributed by atoms with Crippen LogP contribution in [0.3, 0.4) is 0 Å². The van der Waals surface area contributed by atoms with Crippen molar-refractivity contribution in [2.24, 2.45) is 5.41 Å². The zero-order valence-corrected chi connectivity index (χ0v) is 10.7. The van der Waals surface area contributed by atoms with Crippen molar-refractivity contribution >= 4 is 5.78 Å². The minimum Gasteiger partial charge on any atom is -0.373 e. The predicted molar refractivity (Wildman–Crippen MR) is 62.5 cm³/mol. The summed E-state index contributed by atoms with van der Waals surface area (Å²) in [7, 11) is 1.57. The standard InChI is InChI=1S/C12H20N2O2/c1-6-14-8-9(7-13-14)10(15)11(16-5)12(2,3)4/h7-8,11H,6H2,1-5H3. The molecule has 1 aromatic rings. The number of nitrogens with zero attached hydrogens (tertiary/aromatic N) is 2. The van der Waals surface area contributed by atoms with Gasteiger partial charge in [-0.05, 0) is 12.3 Å². The Kier molecular flexibility index (Phi) is 3.86. The van der Waals surface area contributed by atoms with E-state index in [4.69, 9.17) is 4.74 Å². The topological polar surface area (TPSA) is 44.1 Å². The fourth-order valence-electron chi connectivity index (χ4n) is 1.67. The summed E-state index contributed by atoms with van der Waals surface area (Å²) in [5, 5.41) is 4.09. The average Bonchev–Trinajstić information content (AvgIpc) is 2.64. The molecule has 0 amide bonds. The average molecular weight is 224 g/mol. The van der Waals surface area contributed by atoms with Crippen molar-refractivity contribution in [3.63, 3.8) is 0 Å². The van der Waals surface area contributed by atoms with Crippen LogP contribution >= 0.6 is 0 Å². The van der Waals surface area contributed by atoms with E-state index >= 15 is 0 Å². The second-order valence-electron chi connectivity index (χ2n) is 4.93. The summed E-state index contributed by atoms with van der Waals surface area (Å²) in [5.74, 6) is -0.00491. The molecule has 1 rings (SSSR count). The molecule has 0 aliphatic heterocycles. The van der Waals surface area contributed by atoms with Crippen LogP contribution in [0.15, 0.2) is 12.4 Å². The van der Waals surface area contributed by atoms with Gasteiger partial charge < -0.3 is 4.74 Å². The van der Waals surface area contributed by atoms with Gasteiger partial charge in [0.15, 0.2) is 5.78 Å². The Labute approximate surface area is 96.6 Å². The van der Waals surface area contributed by atoms with Gasteiger partial charge in [-0.1, -0.05) is 20.8 Å². The molecule has 1 unspecified atom stereocenters. The zero-order valence-electron chi connectivity index (χ0n) is 10.7. The maximum Gasteiger partial charge on any atom is 0.195 e. The Morgan fingerprint density at radius 3 is 2.56 bits per heavy atom. The van der Waals surface area contributed by atoms with E-state index in [0.29, 0.717) is 5.56 Å². The smallest absolute Gasteiger partial charge is 0.195 e. The largest absolute Gasteiger partial charge is 0.373 e. The molecule has 16 heavy (non-hydrogen) atoms. The molecule has 90 valence electrons. The maximum absolute atomic E-state index is 12.2. The third-order valence-electron chi connectivity index (χ3n) is 2.50. The first-order valence-electron chi connectivity index (χ1n) is 5.49. The van der Waals surface area contributed by atoms with Crippen LogP contribution in [0.25, 0.3) is 0 Å². The van der Waals surface area contributed by atoms with Crippen molar-refractivity contribution in [1.29, 1.82) is 0 Å². The van der Waals surface area contributed by atoms with Crippen molar-refractivity contribution in [2.45, 2.75) is 40.3 Å². The quantitative estimate of drug-likeness (QED) is 0.736. The third kappa shape index (κ3) is 2.70. The molecule has 0 radical (unpaired) electrons. The highest BCUT2D eigenvalue weighted by Gasteiger charge is 2.32. The number of ether oxygens (including phenoxy) is 1. The summed E-state index contributed by atoms with van der Waals surface area (Å²) in [6.07, 6.45) is 2.94. The lowest BCUT2D eigenvalue weighted by atomic mass is 9.85. The van der Waals surface area contributed by atoms with Crippen LogP contribution in [0.1, 0.15) is 38.1 Å². The first kappa shape index (κ1) is 12.9. The monoisotopic (exact) mass is 224 g/mol. The predicted octanol–water partition coefficient (Wildman–Crippen LogP) is 2.15. The summed E-state index contributed by atoms with van der Waals surface area (Å²) in [6, 6.07) is 0. The molecule has 0 saturated carbocycles. The molecule has 0 N–H and O–H groups in total. The minimum atomic E-state index is -0.429. The summed E-state index contributed by atoms with van der Waals surface area (Å²) in [4.78, 5) is 12.2. The number of hydrogen-bond donors (Lipinski definition) is 0. The molecule has 0 saturated heterocycles. The van der Waals surface area contributed by atoms with Crippen LogP contribution in [-0.4, -0.2) is 28.8 Å². The maximum atomic E-state index is 12.2. The molecule has 0 fully saturated rings. The lowest BCUT2D eigenvalue weighted by Crippen LogP contribution is -2.36. The highest BCUT2D eigenvalue weighted by Crippen LogP contribution is 2.24. The van der Waals surface area contributed by atoms with E-state index in [1.165, 1.54) is 0 Å². The lowest BCUT2D eigenvalue weighted by Gasteiger charge is -2.27. The summed E-state index contributed by atoms with van der Waals surface area (Å²) >= 11 is 0. The van der Waals surface area contributed by atoms with Crippen molar-refractivity contribution in [1.82, 2.24) is 9.78 Å². The number of Topliss-reactive ketones (excluding diaryl/α,β-unsaturated/α-hetero) is 1. The number of rotatable bonds is 4. The summed E-state index contributed by atoms with van der Waals surface area (Å²) in [5.41, 5.74) is 0.406. The summed E-state index contributed by atoms with van der Waals surface area (Å²) in [6.45, 7) is 8.72. The second-order valence-corrected chi connectivity index (χ2v) is 4.93. The second kappa shape index (κ2) is 4.78. The number of carbonyl (C=O) groups excluding carboxylic acids is 1. The van der Waals surface area contributed by atoms with Crippen LogP contribution < -0.4 is 0 Å². The minimum absolute atomic E-state index is 0.00491. The molecule has 1 heterocycles. The van der Waals surface area contributed by atoms with Crippen LogP contribution in [0.2, 0.25) is 0 Å². The molecule has 1 atom stereocenters. The van der Waals surface area contributed by atoms with Gasteiger partial charge in [-0.3, -0.25) is 9.48 Å². The van der Waals surface area contributed by atoms with Crippen LogP contribution in [0.4, 0.5) is 0 Å². The van der Waals surface area contributed by atoms with E-state index in [-0.39, 0.29) is 11.2 Å². The van der Waals surface area contributed by atoms with Gasteiger partial charge in [0.25, 0.3) is 0 Å². The van der Waals surface area contributed by atoms with Gasteiger partial charge in [0, 0.05) is 19.9 Å². The molecule has 1 aromatic heterocycles. The van der Waals surface area contributed by atoms with Gasteiger partial charge in [0.2, 0.25) is 0 Å². The Balaban J connectivity index is 2.91. The number of carbonyl (C=O) groups is 1. The fourth-order valence-corrected chi connectivity index (χ4v) is 1.67. The van der Waals surface area contributed by atoms with Gasteiger partial charge in [-0.25, -0.2) is 0 Å². The molecule has 0 bridgehead atoms. The van der Waals surface area contributed by atoms with Crippen molar-refractivity contribution in [2.75, 3.05) is 7.11 Å². The van der Waals surface area contributed by atoms with Crippen LogP contribution in [0.5, 0.6) is 0 Å². The van der Waals surface area contributed by atoms with Gasteiger partial charge >= 0.3 is 0 Å². The van der Waals surface area contributed by atoms with Gasteiger partial charge in [0.05, 0.1) is 11.8 Å². The number of aromatic nitrogens is 2. The Bertz CT molecular complexity index is 363. The first-order valence-corrected chi connectivity index (χ1v) is 5.49. The first-order chi connectivity index (χ1) is 7.40. The van der Waals surface area contributed by atoms with E-state index in [1.54, 1.807) is 24.2 Å². The van der Waals surface area contributed by atoms with Crippen LogP contribution in [-0.2, 0) is 11.3 Å². The van der Waals surface area contributed by atoms with Crippen molar-refractivity contribution in [3.8, 4) is 0 Å². The fraction of sp³-hybridized carbons (Fsp3) is 0.667. The number of hydrogen-bond acceptors (Lipinski definition) is 3. The normalized spacial score (nSPS) is 13.8. The third-order valence-corrected chi connectivity index (χ3v) is 2.50. The van der Waals surface area contributed by atoms with Gasteiger partial charge in [-0.15, -0.1) is 0 Å². The molecule has 4 nitrogen and oxygen atoms in total. The van der Waals surface area contributed by atoms with Gasteiger partial charge in [0.1, 0.15) is 6.10 Å². The molecule has 0 aromatic carbocycles.